The van der Waals surface area contributed by atoms with Crippen LogP contribution >= 0.6 is 11.8 Å². The highest BCUT2D eigenvalue weighted by atomic mass is 32.2. The van der Waals surface area contributed by atoms with E-state index in [0.717, 1.165) is 12.0 Å². The van der Waals surface area contributed by atoms with E-state index in [-0.39, 0.29) is 12.5 Å². The third-order valence-corrected chi connectivity index (χ3v) is 3.84. The second kappa shape index (κ2) is 6.05. The van der Waals surface area contributed by atoms with Gasteiger partial charge in [0.2, 0.25) is 0 Å². The standard InChI is InChI=1S/C12H16N2O2S/c13-14-12(15)8-16-7-9-3-4-11-10(6-9)2-1-5-17-11/h3-4,6H,1-2,5,7-8,13H2,(H,14,15). The Labute approximate surface area is 105 Å². The first kappa shape index (κ1) is 12.4. The van der Waals surface area contributed by atoms with Crippen LogP contribution in [-0.2, 0) is 22.6 Å². The van der Waals surface area contributed by atoms with Gasteiger partial charge in [0.25, 0.3) is 5.91 Å². The zero-order valence-corrected chi connectivity index (χ0v) is 10.4. The van der Waals surface area contributed by atoms with Crippen LogP contribution in [0.3, 0.4) is 0 Å². The first-order valence-electron chi connectivity index (χ1n) is 5.61. The highest BCUT2D eigenvalue weighted by Gasteiger charge is 2.10. The summed E-state index contributed by atoms with van der Waals surface area (Å²) >= 11 is 1.91. The maximum atomic E-state index is 10.9. The lowest BCUT2D eigenvalue weighted by atomic mass is 10.1. The lowest BCUT2D eigenvalue weighted by Gasteiger charge is -2.16. The Balaban J connectivity index is 1.91. The molecule has 0 atom stereocenters. The van der Waals surface area contributed by atoms with E-state index < -0.39 is 0 Å². The minimum absolute atomic E-state index is 0.00232. The van der Waals surface area contributed by atoms with Crippen LogP contribution in [-0.4, -0.2) is 18.3 Å². The predicted octanol–water partition coefficient (Wildman–Crippen LogP) is 1.23. The maximum absolute atomic E-state index is 10.9. The number of benzene rings is 1. The molecule has 4 nitrogen and oxygen atoms in total. The fourth-order valence-electron chi connectivity index (χ4n) is 1.81. The van der Waals surface area contributed by atoms with E-state index in [9.17, 15) is 4.79 Å². The average Bonchev–Trinajstić information content (AvgIpc) is 2.38. The van der Waals surface area contributed by atoms with Gasteiger partial charge in [-0.1, -0.05) is 12.1 Å². The molecule has 92 valence electrons. The molecule has 0 unspecified atom stereocenters. The molecule has 0 fully saturated rings. The molecule has 0 saturated carbocycles. The lowest BCUT2D eigenvalue weighted by molar-refractivity contribution is -0.126. The number of ether oxygens (including phenoxy) is 1. The van der Waals surface area contributed by atoms with Gasteiger partial charge in [-0.15, -0.1) is 11.8 Å². The molecule has 1 amide bonds. The smallest absolute Gasteiger partial charge is 0.259 e. The Morgan fingerprint density at radius 2 is 2.41 bits per heavy atom. The molecule has 2 rings (SSSR count). The number of carbonyl (C=O) groups excluding carboxylic acids is 1. The van der Waals surface area contributed by atoms with Crippen molar-refractivity contribution < 1.29 is 9.53 Å². The van der Waals surface area contributed by atoms with Gasteiger partial charge in [-0.05, 0) is 35.8 Å². The Hall–Kier alpha value is -1.04. The van der Waals surface area contributed by atoms with Crippen molar-refractivity contribution in [3.05, 3.63) is 29.3 Å². The minimum Gasteiger partial charge on any atom is -0.367 e. The number of fused-ring (bicyclic) bond motifs is 1. The molecule has 3 N–H and O–H groups in total. The van der Waals surface area contributed by atoms with Crippen LogP contribution in [0.2, 0.25) is 0 Å². The molecule has 0 bridgehead atoms. The number of carbonyl (C=O) groups is 1. The lowest BCUT2D eigenvalue weighted by Crippen LogP contribution is -2.33. The summed E-state index contributed by atoms with van der Waals surface area (Å²) in [6.45, 7) is 0.452. The van der Waals surface area contributed by atoms with Crippen LogP contribution in [0, 0.1) is 0 Å². The van der Waals surface area contributed by atoms with Crippen molar-refractivity contribution in [1.29, 1.82) is 0 Å². The van der Waals surface area contributed by atoms with Gasteiger partial charge >= 0.3 is 0 Å². The molecule has 0 aromatic heterocycles. The van der Waals surface area contributed by atoms with Gasteiger partial charge in [-0.25, -0.2) is 5.84 Å². The van der Waals surface area contributed by atoms with Crippen LogP contribution in [0.25, 0.3) is 0 Å². The second-order valence-corrected chi connectivity index (χ2v) is 5.09. The monoisotopic (exact) mass is 252 g/mol. The van der Waals surface area contributed by atoms with E-state index in [0.29, 0.717) is 6.61 Å². The summed E-state index contributed by atoms with van der Waals surface area (Å²) in [5.74, 6) is 5.86. The number of hydrogen-bond donors (Lipinski definition) is 2. The number of hydrazine groups is 1. The molecule has 1 aliphatic heterocycles. The molecule has 1 aromatic carbocycles. The van der Waals surface area contributed by atoms with Gasteiger partial charge in [0, 0.05) is 4.90 Å². The van der Waals surface area contributed by atoms with Gasteiger partial charge < -0.3 is 4.74 Å². The van der Waals surface area contributed by atoms with Crippen molar-refractivity contribution in [2.45, 2.75) is 24.3 Å². The quantitative estimate of drug-likeness (QED) is 0.480. The number of thioether (sulfide) groups is 1. The average molecular weight is 252 g/mol. The van der Waals surface area contributed by atoms with Crippen molar-refractivity contribution >= 4 is 17.7 Å². The molecular weight excluding hydrogens is 236 g/mol. The Morgan fingerprint density at radius 3 is 3.24 bits per heavy atom. The molecule has 0 aliphatic carbocycles. The number of aryl methyl sites for hydroxylation is 1. The van der Waals surface area contributed by atoms with E-state index in [2.05, 4.69) is 18.2 Å². The zero-order chi connectivity index (χ0) is 12.1. The molecule has 0 radical (unpaired) electrons. The van der Waals surface area contributed by atoms with E-state index >= 15 is 0 Å². The van der Waals surface area contributed by atoms with E-state index in [1.54, 1.807) is 0 Å². The fraction of sp³-hybridized carbons (Fsp3) is 0.417. The molecule has 1 aliphatic rings. The van der Waals surface area contributed by atoms with Gasteiger partial charge in [0.05, 0.1) is 6.61 Å². The number of nitrogens with one attached hydrogen (secondary N) is 1. The zero-order valence-electron chi connectivity index (χ0n) is 9.57. The predicted molar refractivity (Wildman–Crippen MR) is 67.5 cm³/mol. The number of amides is 1. The van der Waals surface area contributed by atoms with Gasteiger partial charge in [-0.3, -0.25) is 10.2 Å². The maximum Gasteiger partial charge on any atom is 0.259 e. The highest BCUT2D eigenvalue weighted by molar-refractivity contribution is 7.99. The third kappa shape index (κ3) is 3.46. The Bertz CT molecular complexity index is 409. The molecule has 1 aromatic rings. The van der Waals surface area contributed by atoms with E-state index in [1.807, 2.05) is 17.2 Å². The van der Waals surface area contributed by atoms with Crippen LogP contribution in [0.1, 0.15) is 17.5 Å². The number of nitrogens with two attached hydrogens (primary N) is 1. The second-order valence-electron chi connectivity index (χ2n) is 3.95. The SMILES string of the molecule is NNC(=O)COCc1ccc2c(c1)CCCS2. The molecule has 1 heterocycles. The van der Waals surface area contributed by atoms with Gasteiger partial charge in [0.1, 0.15) is 6.61 Å². The summed E-state index contributed by atoms with van der Waals surface area (Å²) < 4.78 is 5.26. The Morgan fingerprint density at radius 1 is 1.53 bits per heavy atom. The highest BCUT2D eigenvalue weighted by Crippen LogP contribution is 2.30. The number of rotatable bonds is 4. The van der Waals surface area contributed by atoms with E-state index in [1.165, 1.54) is 22.6 Å². The summed E-state index contributed by atoms with van der Waals surface area (Å²) in [5, 5.41) is 0. The van der Waals surface area contributed by atoms with Crippen LogP contribution in [0.4, 0.5) is 0 Å². The molecular formula is C12H16N2O2S. The first-order chi connectivity index (χ1) is 8.29. The minimum atomic E-state index is -0.307. The summed E-state index contributed by atoms with van der Waals surface area (Å²) in [7, 11) is 0. The summed E-state index contributed by atoms with van der Waals surface area (Å²) in [6.07, 6.45) is 2.37. The fourth-order valence-corrected chi connectivity index (χ4v) is 2.83. The van der Waals surface area contributed by atoms with Gasteiger partial charge in [-0.2, -0.15) is 0 Å². The summed E-state index contributed by atoms with van der Waals surface area (Å²) in [5.41, 5.74) is 4.54. The summed E-state index contributed by atoms with van der Waals surface area (Å²) in [4.78, 5) is 12.2. The third-order valence-electron chi connectivity index (χ3n) is 2.64. The van der Waals surface area contributed by atoms with Crippen molar-refractivity contribution in [2.24, 2.45) is 5.84 Å². The van der Waals surface area contributed by atoms with E-state index in [4.69, 9.17) is 10.6 Å². The van der Waals surface area contributed by atoms with Gasteiger partial charge in [0.15, 0.2) is 0 Å². The van der Waals surface area contributed by atoms with Crippen LogP contribution < -0.4 is 11.3 Å². The van der Waals surface area contributed by atoms with Crippen molar-refractivity contribution in [3.63, 3.8) is 0 Å². The topological polar surface area (TPSA) is 64.3 Å². The first-order valence-corrected chi connectivity index (χ1v) is 6.60. The molecule has 0 saturated heterocycles. The van der Waals surface area contributed by atoms with Crippen molar-refractivity contribution in [2.75, 3.05) is 12.4 Å². The normalized spacial score (nSPS) is 14.2. The largest absolute Gasteiger partial charge is 0.367 e. The van der Waals surface area contributed by atoms with Crippen molar-refractivity contribution in [1.82, 2.24) is 5.43 Å². The van der Waals surface area contributed by atoms with Crippen LogP contribution in [0.15, 0.2) is 23.1 Å². The Kier molecular flexibility index (Phi) is 4.42. The molecule has 5 heteroatoms. The molecule has 0 spiro atoms. The van der Waals surface area contributed by atoms with Crippen molar-refractivity contribution in [3.8, 4) is 0 Å². The number of hydrogen-bond acceptors (Lipinski definition) is 4. The molecule has 17 heavy (non-hydrogen) atoms. The summed E-state index contributed by atoms with van der Waals surface area (Å²) in [6, 6.07) is 6.36. The van der Waals surface area contributed by atoms with Crippen LogP contribution in [0.5, 0.6) is 0 Å².